The summed E-state index contributed by atoms with van der Waals surface area (Å²) in [6, 6.07) is 4.18. The number of halogens is 3. The fraction of sp³-hybridized carbons (Fsp3) is 0.125. The molecule has 1 aromatic carbocycles. The summed E-state index contributed by atoms with van der Waals surface area (Å²) in [5.41, 5.74) is 1.11. The second-order valence-corrected chi connectivity index (χ2v) is 4.27. The number of nitrogens with two attached hydrogens (primary N) is 1. The molecular formula is C8H5F3N2O2S. The first-order valence-corrected chi connectivity index (χ1v) is 5.17. The summed E-state index contributed by atoms with van der Waals surface area (Å²) in [5.74, 6) is 0. The lowest BCUT2D eigenvalue weighted by molar-refractivity contribution is -0.0395. The van der Waals surface area contributed by atoms with Crippen LogP contribution in [0.2, 0.25) is 0 Å². The summed E-state index contributed by atoms with van der Waals surface area (Å²) in [5, 5.41) is -0.867. The number of nitrogens with zero attached hydrogens (tertiary/aromatic N) is 1. The topological polar surface area (TPSA) is 69.1 Å². The summed E-state index contributed by atoms with van der Waals surface area (Å²) in [7, 11) is -3.26. The van der Waals surface area contributed by atoms with Gasteiger partial charge in [-0.2, -0.15) is 13.2 Å². The standard InChI is InChI=1S/C8H5F3N2O2S/c9-8(10,11)16(14)7-13-5-2-1-4(12)3-6(5)15-7/h1-3H,12H2. The number of hydrogen-bond donors (Lipinski definition) is 1. The molecule has 0 fully saturated rings. The van der Waals surface area contributed by atoms with Crippen LogP contribution in [0, 0.1) is 0 Å². The van der Waals surface area contributed by atoms with Gasteiger partial charge >= 0.3 is 5.51 Å². The summed E-state index contributed by atoms with van der Waals surface area (Å²) in [6.07, 6.45) is 0. The molecule has 0 aliphatic carbocycles. The van der Waals surface area contributed by atoms with E-state index in [-0.39, 0.29) is 11.1 Å². The Morgan fingerprint density at radius 1 is 1.38 bits per heavy atom. The van der Waals surface area contributed by atoms with E-state index in [2.05, 4.69) is 4.98 Å². The monoisotopic (exact) mass is 250 g/mol. The third-order valence-electron chi connectivity index (χ3n) is 1.76. The normalized spacial score (nSPS) is 14.2. The van der Waals surface area contributed by atoms with Gasteiger partial charge in [0.05, 0.1) is 0 Å². The molecule has 0 saturated heterocycles. The van der Waals surface area contributed by atoms with E-state index in [0.717, 1.165) is 0 Å². The Morgan fingerprint density at radius 3 is 2.69 bits per heavy atom. The molecule has 1 atom stereocenters. The van der Waals surface area contributed by atoms with Gasteiger partial charge < -0.3 is 10.2 Å². The molecule has 0 amide bonds. The first-order chi connectivity index (χ1) is 7.38. The van der Waals surface area contributed by atoms with Crippen LogP contribution in [0.1, 0.15) is 0 Å². The van der Waals surface area contributed by atoms with Crippen molar-refractivity contribution in [2.75, 3.05) is 5.73 Å². The van der Waals surface area contributed by atoms with Crippen LogP contribution in [0.5, 0.6) is 0 Å². The molecule has 8 heteroatoms. The van der Waals surface area contributed by atoms with Crippen LogP contribution in [0.15, 0.2) is 27.8 Å². The van der Waals surface area contributed by atoms with Crippen LogP contribution in [0.25, 0.3) is 11.1 Å². The molecule has 0 radical (unpaired) electrons. The lowest BCUT2D eigenvalue weighted by atomic mass is 10.3. The van der Waals surface area contributed by atoms with E-state index in [1.54, 1.807) is 0 Å². The van der Waals surface area contributed by atoms with Crippen LogP contribution in [-0.4, -0.2) is 14.7 Å². The average molecular weight is 250 g/mol. The van der Waals surface area contributed by atoms with Gasteiger partial charge in [0.2, 0.25) is 10.8 Å². The van der Waals surface area contributed by atoms with Crippen molar-refractivity contribution < 1.29 is 21.8 Å². The van der Waals surface area contributed by atoms with Gasteiger partial charge in [-0.1, -0.05) is 0 Å². The number of aromatic nitrogens is 1. The van der Waals surface area contributed by atoms with Crippen molar-refractivity contribution in [3.8, 4) is 0 Å². The second kappa shape index (κ2) is 3.48. The summed E-state index contributed by atoms with van der Waals surface area (Å²) in [6.45, 7) is 0. The van der Waals surface area contributed by atoms with E-state index in [4.69, 9.17) is 10.2 Å². The highest BCUT2D eigenvalue weighted by Crippen LogP contribution is 2.28. The molecule has 0 bridgehead atoms. The number of benzene rings is 1. The van der Waals surface area contributed by atoms with Crippen LogP contribution in [0.3, 0.4) is 0 Å². The third-order valence-corrected chi connectivity index (χ3v) is 2.67. The van der Waals surface area contributed by atoms with Crippen LogP contribution in [-0.2, 0) is 10.8 Å². The van der Waals surface area contributed by atoms with Gasteiger partial charge in [0.15, 0.2) is 5.58 Å². The molecule has 4 nitrogen and oxygen atoms in total. The van der Waals surface area contributed by atoms with E-state index in [1.807, 2.05) is 0 Å². The molecule has 2 N–H and O–H groups in total. The average Bonchev–Trinajstić information content (AvgIpc) is 2.57. The molecule has 1 heterocycles. The molecule has 2 rings (SSSR count). The summed E-state index contributed by atoms with van der Waals surface area (Å²) in [4.78, 5) is 3.48. The lowest BCUT2D eigenvalue weighted by Gasteiger charge is -2.00. The minimum atomic E-state index is -4.88. The van der Waals surface area contributed by atoms with Crippen molar-refractivity contribution >= 4 is 27.6 Å². The van der Waals surface area contributed by atoms with Crippen molar-refractivity contribution in [2.45, 2.75) is 10.7 Å². The highest BCUT2D eigenvalue weighted by Gasteiger charge is 2.41. The first kappa shape index (κ1) is 10.9. The number of fused-ring (bicyclic) bond motifs is 1. The van der Waals surface area contributed by atoms with Gasteiger partial charge in [0.1, 0.15) is 5.52 Å². The van der Waals surface area contributed by atoms with Gasteiger partial charge in [-0.05, 0) is 12.1 Å². The maximum Gasteiger partial charge on any atom is 0.480 e. The molecule has 1 aromatic heterocycles. The Labute approximate surface area is 89.7 Å². The number of anilines is 1. The predicted molar refractivity (Wildman–Crippen MR) is 50.9 cm³/mol. The van der Waals surface area contributed by atoms with Gasteiger partial charge in [-0.15, -0.1) is 0 Å². The summed E-state index contributed by atoms with van der Waals surface area (Å²) < 4.78 is 52.0. The highest BCUT2D eigenvalue weighted by molar-refractivity contribution is 7.85. The number of alkyl halides is 3. The van der Waals surface area contributed by atoms with Crippen molar-refractivity contribution in [1.29, 1.82) is 0 Å². The van der Waals surface area contributed by atoms with Gasteiger partial charge in [0, 0.05) is 11.8 Å². The van der Waals surface area contributed by atoms with Gasteiger partial charge in [-0.3, -0.25) is 0 Å². The Hall–Kier alpha value is -1.57. The second-order valence-electron chi connectivity index (χ2n) is 2.92. The van der Waals surface area contributed by atoms with Gasteiger partial charge in [-0.25, -0.2) is 9.19 Å². The lowest BCUT2D eigenvalue weighted by Crippen LogP contribution is -2.16. The Kier molecular flexibility index (Phi) is 2.38. The Balaban J connectivity index is 2.52. The zero-order valence-electron chi connectivity index (χ0n) is 7.62. The molecule has 2 aromatic rings. The van der Waals surface area contributed by atoms with Crippen molar-refractivity contribution in [1.82, 2.24) is 4.98 Å². The Bertz CT molecular complexity index is 564. The molecule has 0 saturated carbocycles. The maximum absolute atomic E-state index is 12.1. The van der Waals surface area contributed by atoms with Crippen LogP contribution < -0.4 is 5.73 Å². The number of nitrogen functional groups attached to an aromatic ring is 1. The molecule has 0 spiro atoms. The van der Waals surface area contributed by atoms with Crippen LogP contribution in [0.4, 0.5) is 18.9 Å². The Morgan fingerprint density at radius 2 is 2.06 bits per heavy atom. The molecule has 0 aliphatic heterocycles. The smallest absolute Gasteiger partial charge is 0.429 e. The number of hydrogen-bond acceptors (Lipinski definition) is 4. The van der Waals surface area contributed by atoms with Crippen molar-refractivity contribution in [2.24, 2.45) is 0 Å². The van der Waals surface area contributed by atoms with E-state index in [1.165, 1.54) is 18.2 Å². The largest absolute Gasteiger partial charge is 0.480 e. The van der Waals surface area contributed by atoms with Crippen molar-refractivity contribution in [3.05, 3.63) is 18.2 Å². The van der Waals surface area contributed by atoms with E-state index in [9.17, 15) is 17.4 Å². The highest BCUT2D eigenvalue weighted by atomic mass is 32.2. The third kappa shape index (κ3) is 1.87. The zero-order chi connectivity index (χ0) is 11.9. The molecule has 16 heavy (non-hydrogen) atoms. The molecule has 86 valence electrons. The summed E-state index contributed by atoms with van der Waals surface area (Å²) >= 11 is 0. The fourth-order valence-electron chi connectivity index (χ4n) is 1.10. The van der Waals surface area contributed by atoms with E-state index < -0.39 is 21.5 Å². The van der Waals surface area contributed by atoms with E-state index >= 15 is 0 Å². The van der Waals surface area contributed by atoms with Crippen LogP contribution >= 0.6 is 0 Å². The maximum atomic E-state index is 12.1. The SMILES string of the molecule is Nc1ccc2nc(S(=O)C(F)(F)F)oc2c1. The number of oxazole rings is 1. The fourth-order valence-corrected chi connectivity index (χ4v) is 1.64. The quantitative estimate of drug-likeness (QED) is 0.786. The molecule has 1 unspecified atom stereocenters. The minimum absolute atomic E-state index is 0.0765. The minimum Gasteiger partial charge on any atom is -0.429 e. The first-order valence-electron chi connectivity index (χ1n) is 4.02. The molecular weight excluding hydrogens is 245 g/mol. The number of rotatable bonds is 1. The molecule has 0 aliphatic rings. The predicted octanol–water partition coefficient (Wildman–Crippen LogP) is 2.04. The zero-order valence-corrected chi connectivity index (χ0v) is 8.43. The van der Waals surface area contributed by atoms with E-state index in [0.29, 0.717) is 5.69 Å². The van der Waals surface area contributed by atoms with Crippen molar-refractivity contribution in [3.63, 3.8) is 0 Å². The van der Waals surface area contributed by atoms with Gasteiger partial charge in [0.25, 0.3) is 5.22 Å².